The van der Waals surface area contributed by atoms with E-state index >= 15 is 0 Å². The topological polar surface area (TPSA) is 66.9 Å². The van der Waals surface area contributed by atoms with E-state index in [4.69, 9.17) is 5.26 Å². The summed E-state index contributed by atoms with van der Waals surface area (Å²) in [5, 5.41) is 17.5. The van der Waals surface area contributed by atoms with Crippen molar-refractivity contribution in [2.75, 3.05) is 5.75 Å². The van der Waals surface area contributed by atoms with Crippen molar-refractivity contribution in [1.82, 2.24) is 19.6 Å². The van der Waals surface area contributed by atoms with E-state index in [1.165, 1.54) is 0 Å². The number of hydrogen-bond donors (Lipinski definition) is 0. The minimum absolute atomic E-state index is 0.583. The van der Waals surface area contributed by atoms with Crippen molar-refractivity contribution in [2.24, 2.45) is 0 Å². The number of nitriles is 1. The maximum Gasteiger partial charge on any atom is 0.256 e. The molecule has 6 heteroatoms. The molecule has 0 aliphatic carbocycles. The lowest BCUT2D eigenvalue weighted by molar-refractivity contribution is 0.880. The normalized spacial score (nSPS) is 10.6. The van der Waals surface area contributed by atoms with Crippen LogP contribution in [0.5, 0.6) is 0 Å². The molecule has 2 aromatic heterocycles. The van der Waals surface area contributed by atoms with E-state index < -0.39 is 0 Å². The van der Waals surface area contributed by atoms with E-state index in [0.29, 0.717) is 12.2 Å². The average Bonchev–Trinajstić information content (AvgIpc) is 2.68. The molecular formula is C11H13N5S. The van der Waals surface area contributed by atoms with Crippen LogP contribution in [0.15, 0.2) is 11.2 Å². The molecule has 0 saturated carbocycles. The summed E-state index contributed by atoms with van der Waals surface area (Å²) in [5.74, 6) is 1.52. The summed E-state index contributed by atoms with van der Waals surface area (Å²) in [6.07, 6.45) is 1.45. The third kappa shape index (κ3) is 2.56. The molecule has 0 aliphatic rings. The van der Waals surface area contributed by atoms with Crippen molar-refractivity contribution in [3.8, 4) is 6.07 Å². The second-order valence-corrected chi connectivity index (χ2v) is 4.83. The minimum Gasteiger partial charge on any atom is -0.259 e. The van der Waals surface area contributed by atoms with Gasteiger partial charge in [-0.05, 0) is 26.3 Å². The van der Waals surface area contributed by atoms with Gasteiger partial charge in [0.1, 0.15) is 0 Å². The molecule has 0 aromatic carbocycles. The molecule has 0 amide bonds. The molecule has 2 aromatic rings. The fourth-order valence-electron chi connectivity index (χ4n) is 1.61. The van der Waals surface area contributed by atoms with Gasteiger partial charge in [0, 0.05) is 23.6 Å². The average molecular weight is 247 g/mol. The van der Waals surface area contributed by atoms with Crippen molar-refractivity contribution in [1.29, 1.82) is 5.26 Å². The molecule has 0 radical (unpaired) electrons. The van der Waals surface area contributed by atoms with Gasteiger partial charge in [-0.2, -0.15) is 5.26 Å². The highest BCUT2D eigenvalue weighted by Crippen LogP contribution is 2.19. The van der Waals surface area contributed by atoms with Gasteiger partial charge < -0.3 is 0 Å². The molecule has 5 nitrogen and oxygen atoms in total. The predicted octanol–water partition coefficient (Wildman–Crippen LogP) is 2.14. The maximum absolute atomic E-state index is 8.47. The molecule has 17 heavy (non-hydrogen) atoms. The van der Waals surface area contributed by atoms with Crippen LogP contribution in [-0.4, -0.2) is 25.3 Å². The van der Waals surface area contributed by atoms with Gasteiger partial charge in [-0.3, -0.25) is 4.40 Å². The molecule has 0 fully saturated rings. The molecule has 88 valence electrons. The summed E-state index contributed by atoms with van der Waals surface area (Å²) in [7, 11) is 0. The van der Waals surface area contributed by atoms with Crippen LogP contribution in [0.25, 0.3) is 5.78 Å². The molecular weight excluding hydrogens is 234 g/mol. The number of rotatable bonds is 4. The van der Waals surface area contributed by atoms with Crippen LogP contribution in [0, 0.1) is 25.2 Å². The Balaban J connectivity index is 2.21. The number of hydrogen-bond acceptors (Lipinski definition) is 5. The summed E-state index contributed by atoms with van der Waals surface area (Å²) < 4.78 is 1.95. The number of thioether (sulfide) groups is 1. The van der Waals surface area contributed by atoms with Crippen LogP contribution in [0.2, 0.25) is 0 Å². The van der Waals surface area contributed by atoms with Crippen LogP contribution in [0.1, 0.15) is 24.2 Å². The van der Waals surface area contributed by atoms with E-state index in [-0.39, 0.29) is 0 Å². The van der Waals surface area contributed by atoms with Crippen LogP contribution in [0.3, 0.4) is 0 Å². The number of nitrogens with zero attached hydrogens (tertiary/aromatic N) is 5. The first-order chi connectivity index (χ1) is 8.22. The smallest absolute Gasteiger partial charge is 0.256 e. The zero-order valence-corrected chi connectivity index (χ0v) is 10.7. The van der Waals surface area contributed by atoms with Crippen molar-refractivity contribution in [2.45, 2.75) is 31.8 Å². The van der Waals surface area contributed by atoms with E-state index in [2.05, 4.69) is 21.3 Å². The Morgan fingerprint density at radius 1 is 1.41 bits per heavy atom. The molecule has 0 N–H and O–H groups in total. The van der Waals surface area contributed by atoms with Crippen molar-refractivity contribution >= 4 is 17.5 Å². The molecule has 0 aliphatic heterocycles. The highest BCUT2D eigenvalue weighted by Gasteiger charge is 2.09. The lowest BCUT2D eigenvalue weighted by Gasteiger charge is -2.03. The Morgan fingerprint density at radius 3 is 3.00 bits per heavy atom. The summed E-state index contributed by atoms with van der Waals surface area (Å²) in [5.41, 5.74) is 2.03. The van der Waals surface area contributed by atoms with E-state index in [1.807, 2.05) is 24.3 Å². The van der Waals surface area contributed by atoms with Gasteiger partial charge in [-0.1, -0.05) is 11.8 Å². The largest absolute Gasteiger partial charge is 0.259 e. The maximum atomic E-state index is 8.47. The van der Waals surface area contributed by atoms with E-state index in [9.17, 15) is 0 Å². The SMILES string of the molecule is Cc1cc(C)n2c(SCCCC#N)nnc2n1. The molecule has 2 heterocycles. The molecule has 2 rings (SSSR count). The van der Waals surface area contributed by atoms with Crippen molar-refractivity contribution in [3.63, 3.8) is 0 Å². The van der Waals surface area contributed by atoms with Crippen LogP contribution >= 0.6 is 11.8 Å². The lowest BCUT2D eigenvalue weighted by Crippen LogP contribution is -1.97. The molecule has 0 atom stereocenters. The van der Waals surface area contributed by atoms with Gasteiger partial charge in [0.25, 0.3) is 5.78 Å². The first kappa shape index (κ1) is 11.9. The Hall–Kier alpha value is -1.61. The Kier molecular flexibility index (Phi) is 3.59. The number of aromatic nitrogens is 4. The summed E-state index contributed by atoms with van der Waals surface area (Å²) in [4.78, 5) is 4.33. The summed E-state index contributed by atoms with van der Waals surface area (Å²) >= 11 is 1.61. The Bertz CT molecular complexity index is 569. The van der Waals surface area contributed by atoms with Crippen molar-refractivity contribution < 1.29 is 0 Å². The van der Waals surface area contributed by atoms with Gasteiger partial charge in [-0.15, -0.1) is 10.2 Å². The zero-order chi connectivity index (χ0) is 12.3. The third-order valence-corrected chi connectivity index (χ3v) is 3.34. The predicted molar refractivity (Wildman–Crippen MR) is 65.8 cm³/mol. The first-order valence-electron chi connectivity index (χ1n) is 5.41. The van der Waals surface area contributed by atoms with Gasteiger partial charge in [0.15, 0.2) is 5.16 Å². The van der Waals surface area contributed by atoms with Crippen molar-refractivity contribution in [3.05, 3.63) is 17.5 Å². The quantitative estimate of drug-likeness (QED) is 0.611. The monoisotopic (exact) mass is 247 g/mol. The minimum atomic E-state index is 0.583. The highest BCUT2D eigenvalue weighted by atomic mass is 32.2. The van der Waals surface area contributed by atoms with Gasteiger partial charge >= 0.3 is 0 Å². The first-order valence-corrected chi connectivity index (χ1v) is 6.40. The lowest BCUT2D eigenvalue weighted by atomic mass is 10.3. The molecule has 0 spiro atoms. The van der Waals surface area contributed by atoms with E-state index in [1.54, 1.807) is 11.8 Å². The number of fused-ring (bicyclic) bond motifs is 1. The van der Waals surface area contributed by atoms with Gasteiger partial charge in [-0.25, -0.2) is 4.98 Å². The van der Waals surface area contributed by atoms with E-state index in [0.717, 1.165) is 28.7 Å². The standard InChI is InChI=1S/C11H13N5S/c1-8-7-9(2)16-10(13-8)14-15-11(16)17-6-4-3-5-12/h7H,3-4,6H2,1-2H3. The summed E-state index contributed by atoms with van der Waals surface area (Å²) in [6, 6.07) is 4.14. The Labute approximate surface area is 104 Å². The molecule has 0 saturated heterocycles. The molecule has 0 unspecified atom stereocenters. The van der Waals surface area contributed by atoms with Crippen LogP contribution in [-0.2, 0) is 0 Å². The van der Waals surface area contributed by atoms with Crippen LogP contribution in [0.4, 0.5) is 0 Å². The fraction of sp³-hybridized carbons (Fsp3) is 0.455. The number of aryl methyl sites for hydroxylation is 2. The third-order valence-electron chi connectivity index (χ3n) is 2.33. The zero-order valence-electron chi connectivity index (χ0n) is 9.84. The second-order valence-electron chi connectivity index (χ2n) is 3.77. The molecule has 0 bridgehead atoms. The summed E-state index contributed by atoms with van der Waals surface area (Å²) in [6.45, 7) is 3.96. The van der Waals surface area contributed by atoms with Crippen LogP contribution < -0.4 is 0 Å². The van der Waals surface area contributed by atoms with Gasteiger partial charge in [0.05, 0.1) is 6.07 Å². The number of unbranched alkanes of at least 4 members (excludes halogenated alkanes) is 1. The second kappa shape index (κ2) is 5.15. The highest BCUT2D eigenvalue weighted by molar-refractivity contribution is 7.99. The Morgan fingerprint density at radius 2 is 2.24 bits per heavy atom. The fourth-order valence-corrected chi connectivity index (χ4v) is 2.53. The van der Waals surface area contributed by atoms with Gasteiger partial charge in [0.2, 0.25) is 0 Å².